The molecule has 0 amide bonds. The molecule has 1 rings (SSSR count). The molecular weight excluding hydrogens is 218 g/mol. The second kappa shape index (κ2) is 6.08. The van der Waals surface area contributed by atoms with Gasteiger partial charge in [0.1, 0.15) is 0 Å². The molecule has 0 aliphatic carbocycles. The Kier molecular flexibility index (Phi) is 4.75. The van der Waals surface area contributed by atoms with Crippen LogP contribution in [0.15, 0.2) is 28.3 Å². The number of hydrogen-bond donors (Lipinski definition) is 2. The SMILES string of the molecule is CCCC(C)Cn1cccc(/C(N)=N/O)c1=O. The van der Waals surface area contributed by atoms with Gasteiger partial charge in [-0.1, -0.05) is 25.4 Å². The highest BCUT2D eigenvalue weighted by atomic mass is 16.4. The predicted molar refractivity (Wildman–Crippen MR) is 67.3 cm³/mol. The molecule has 1 atom stereocenters. The van der Waals surface area contributed by atoms with Gasteiger partial charge in [-0.2, -0.15) is 0 Å². The van der Waals surface area contributed by atoms with Crippen molar-refractivity contribution in [1.82, 2.24) is 4.57 Å². The van der Waals surface area contributed by atoms with Crippen LogP contribution >= 0.6 is 0 Å². The number of aromatic nitrogens is 1. The molecule has 0 saturated carbocycles. The van der Waals surface area contributed by atoms with Crippen molar-refractivity contribution in [3.8, 4) is 0 Å². The van der Waals surface area contributed by atoms with Crippen molar-refractivity contribution in [2.45, 2.75) is 33.2 Å². The molecule has 1 aromatic heterocycles. The van der Waals surface area contributed by atoms with Crippen molar-refractivity contribution in [2.75, 3.05) is 0 Å². The Morgan fingerprint density at radius 3 is 2.94 bits per heavy atom. The lowest BCUT2D eigenvalue weighted by Gasteiger charge is -2.13. The van der Waals surface area contributed by atoms with E-state index in [1.165, 1.54) is 0 Å². The summed E-state index contributed by atoms with van der Waals surface area (Å²) in [5, 5.41) is 11.4. The second-order valence-electron chi connectivity index (χ2n) is 4.26. The minimum atomic E-state index is -0.217. The molecular formula is C12H19N3O2. The van der Waals surface area contributed by atoms with E-state index < -0.39 is 0 Å². The maximum atomic E-state index is 12.0. The number of rotatable bonds is 5. The van der Waals surface area contributed by atoms with Gasteiger partial charge in [-0.15, -0.1) is 0 Å². The summed E-state index contributed by atoms with van der Waals surface area (Å²) in [6, 6.07) is 3.28. The van der Waals surface area contributed by atoms with E-state index in [2.05, 4.69) is 19.0 Å². The molecule has 0 aliphatic rings. The molecule has 17 heavy (non-hydrogen) atoms. The fourth-order valence-electron chi connectivity index (χ4n) is 1.85. The maximum Gasteiger partial charge on any atom is 0.261 e. The lowest BCUT2D eigenvalue weighted by molar-refractivity contribution is 0.318. The summed E-state index contributed by atoms with van der Waals surface area (Å²) >= 11 is 0. The summed E-state index contributed by atoms with van der Waals surface area (Å²) < 4.78 is 1.60. The van der Waals surface area contributed by atoms with Gasteiger partial charge in [-0.25, -0.2) is 0 Å². The Morgan fingerprint density at radius 1 is 1.65 bits per heavy atom. The first-order chi connectivity index (χ1) is 8.10. The quantitative estimate of drug-likeness (QED) is 0.351. The van der Waals surface area contributed by atoms with Gasteiger partial charge in [0, 0.05) is 12.7 Å². The largest absolute Gasteiger partial charge is 0.409 e. The predicted octanol–water partition coefficient (Wildman–Crippen LogP) is 1.38. The lowest BCUT2D eigenvalue weighted by atomic mass is 10.1. The van der Waals surface area contributed by atoms with Gasteiger partial charge in [0.2, 0.25) is 0 Å². The number of nitrogens with zero attached hydrogens (tertiary/aromatic N) is 2. The molecule has 0 aliphatic heterocycles. The van der Waals surface area contributed by atoms with E-state index in [4.69, 9.17) is 10.9 Å². The lowest BCUT2D eigenvalue weighted by Crippen LogP contribution is -2.30. The van der Waals surface area contributed by atoms with Crippen LogP contribution in [0.1, 0.15) is 32.3 Å². The van der Waals surface area contributed by atoms with Crippen LogP contribution in [-0.2, 0) is 6.54 Å². The molecule has 94 valence electrons. The van der Waals surface area contributed by atoms with Crippen molar-refractivity contribution in [2.24, 2.45) is 16.8 Å². The highest BCUT2D eigenvalue weighted by molar-refractivity contribution is 5.96. The summed E-state index contributed by atoms with van der Waals surface area (Å²) in [5.74, 6) is 0.285. The first-order valence-electron chi connectivity index (χ1n) is 5.77. The topological polar surface area (TPSA) is 80.6 Å². The minimum absolute atomic E-state index is 0.146. The summed E-state index contributed by atoms with van der Waals surface area (Å²) in [4.78, 5) is 12.0. The van der Waals surface area contributed by atoms with Crippen LogP contribution in [0.3, 0.4) is 0 Å². The summed E-state index contributed by atoms with van der Waals surface area (Å²) in [6.07, 6.45) is 3.89. The highest BCUT2D eigenvalue weighted by Crippen LogP contribution is 2.07. The molecule has 0 radical (unpaired) electrons. The van der Waals surface area contributed by atoms with Gasteiger partial charge >= 0.3 is 0 Å². The normalized spacial score (nSPS) is 13.6. The Labute approximate surface area is 101 Å². The van der Waals surface area contributed by atoms with Gasteiger partial charge in [-0.3, -0.25) is 4.79 Å². The molecule has 0 fully saturated rings. The third-order valence-corrected chi connectivity index (χ3v) is 2.69. The van der Waals surface area contributed by atoms with Crippen LogP contribution in [-0.4, -0.2) is 15.6 Å². The van der Waals surface area contributed by atoms with Gasteiger partial charge in [0.15, 0.2) is 5.84 Å². The fourth-order valence-corrected chi connectivity index (χ4v) is 1.85. The monoisotopic (exact) mass is 237 g/mol. The van der Waals surface area contributed by atoms with Crippen LogP contribution < -0.4 is 11.3 Å². The van der Waals surface area contributed by atoms with E-state index in [0.29, 0.717) is 12.5 Å². The van der Waals surface area contributed by atoms with E-state index in [1.807, 2.05) is 0 Å². The molecule has 5 nitrogen and oxygen atoms in total. The average molecular weight is 237 g/mol. The molecule has 1 heterocycles. The molecule has 0 aromatic carbocycles. The standard InChI is InChI=1S/C12H19N3O2/c1-3-5-9(2)8-15-7-4-6-10(12(15)16)11(13)14-17/h4,6-7,9,17H,3,5,8H2,1-2H3,(H2,13,14). The van der Waals surface area contributed by atoms with Gasteiger partial charge in [0.05, 0.1) is 5.56 Å². The molecule has 0 spiro atoms. The second-order valence-corrected chi connectivity index (χ2v) is 4.26. The summed E-state index contributed by atoms with van der Waals surface area (Å²) in [5.41, 5.74) is 5.46. The Hall–Kier alpha value is -1.78. The number of pyridine rings is 1. The highest BCUT2D eigenvalue weighted by Gasteiger charge is 2.09. The summed E-state index contributed by atoms with van der Waals surface area (Å²) in [7, 11) is 0. The van der Waals surface area contributed by atoms with Crippen LogP contribution in [0.5, 0.6) is 0 Å². The third kappa shape index (κ3) is 3.34. The van der Waals surface area contributed by atoms with Crippen molar-refractivity contribution in [1.29, 1.82) is 0 Å². The third-order valence-electron chi connectivity index (χ3n) is 2.69. The zero-order valence-electron chi connectivity index (χ0n) is 10.3. The number of hydrogen-bond acceptors (Lipinski definition) is 3. The van der Waals surface area contributed by atoms with Gasteiger partial charge in [0.25, 0.3) is 5.56 Å². The number of oxime groups is 1. The first-order valence-corrected chi connectivity index (χ1v) is 5.77. The number of amidine groups is 1. The van der Waals surface area contributed by atoms with Crippen molar-refractivity contribution >= 4 is 5.84 Å². The van der Waals surface area contributed by atoms with Crippen molar-refractivity contribution < 1.29 is 5.21 Å². The van der Waals surface area contributed by atoms with E-state index in [9.17, 15) is 4.79 Å². The van der Waals surface area contributed by atoms with Crippen LogP contribution in [0.4, 0.5) is 0 Å². The van der Waals surface area contributed by atoms with E-state index in [0.717, 1.165) is 12.8 Å². The fraction of sp³-hybridized carbons (Fsp3) is 0.500. The van der Waals surface area contributed by atoms with Gasteiger partial charge < -0.3 is 15.5 Å². The zero-order chi connectivity index (χ0) is 12.8. The van der Waals surface area contributed by atoms with E-state index in [1.54, 1.807) is 22.9 Å². The Balaban J connectivity index is 2.99. The molecule has 1 unspecified atom stereocenters. The summed E-state index contributed by atoms with van der Waals surface area (Å²) in [6.45, 7) is 4.87. The van der Waals surface area contributed by atoms with E-state index in [-0.39, 0.29) is 17.0 Å². The zero-order valence-corrected chi connectivity index (χ0v) is 10.3. The molecule has 5 heteroatoms. The number of nitrogens with two attached hydrogens (primary N) is 1. The Morgan fingerprint density at radius 2 is 2.35 bits per heavy atom. The molecule has 0 saturated heterocycles. The molecule has 3 N–H and O–H groups in total. The first kappa shape index (κ1) is 13.3. The van der Waals surface area contributed by atoms with Crippen molar-refractivity contribution in [3.63, 3.8) is 0 Å². The maximum absolute atomic E-state index is 12.0. The molecule has 1 aromatic rings. The minimum Gasteiger partial charge on any atom is -0.409 e. The van der Waals surface area contributed by atoms with E-state index >= 15 is 0 Å². The Bertz CT molecular complexity index is 451. The van der Waals surface area contributed by atoms with Crippen LogP contribution in [0.2, 0.25) is 0 Å². The van der Waals surface area contributed by atoms with Crippen LogP contribution in [0, 0.1) is 5.92 Å². The molecule has 0 bridgehead atoms. The van der Waals surface area contributed by atoms with Gasteiger partial charge in [-0.05, 0) is 24.5 Å². The van der Waals surface area contributed by atoms with Crippen molar-refractivity contribution in [3.05, 3.63) is 34.2 Å². The smallest absolute Gasteiger partial charge is 0.261 e. The van der Waals surface area contributed by atoms with Crippen LogP contribution in [0.25, 0.3) is 0 Å². The average Bonchev–Trinajstić information content (AvgIpc) is 2.31.